The average Bonchev–Trinajstić information content (AvgIpc) is 3.34. The van der Waals surface area contributed by atoms with Gasteiger partial charge in [-0.3, -0.25) is 20.2 Å². The largest absolute Gasteiger partial charge is 0.378 e. The monoisotopic (exact) mass is 455 g/mol. The first-order valence-corrected chi connectivity index (χ1v) is 11.0. The minimum atomic E-state index is -0.516. The predicted molar refractivity (Wildman–Crippen MR) is 128 cm³/mol. The Bertz CT molecular complexity index is 1000. The molecule has 0 atom stereocenters. The fraction of sp³-hybridized carbons (Fsp3) is 0.364. The highest BCUT2D eigenvalue weighted by molar-refractivity contribution is 7.80. The summed E-state index contributed by atoms with van der Waals surface area (Å²) in [5.74, 6) is -0.499. The smallest absolute Gasteiger partial charge is 0.270 e. The quantitative estimate of drug-likeness (QED) is 0.403. The molecule has 0 aromatic heterocycles. The Hall–Kier alpha value is -3.24. The second kappa shape index (κ2) is 9.92. The van der Waals surface area contributed by atoms with Crippen molar-refractivity contribution < 1.29 is 14.5 Å². The van der Waals surface area contributed by atoms with Gasteiger partial charge in [-0.25, -0.2) is 0 Å². The lowest BCUT2D eigenvalue weighted by Crippen LogP contribution is -2.39. The van der Waals surface area contributed by atoms with E-state index < -0.39 is 10.8 Å². The molecule has 2 aliphatic heterocycles. The number of nitrogens with zero attached hydrogens (tertiary/aromatic N) is 3. The second-order valence-electron chi connectivity index (χ2n) is 7.71. The first kappa shape index (κ1) is 22.0. The maximum absolute atomic E-state index is 13.0. The number of nitro benzene ring substituents is 1. The molecule has 10 heteroatoms. The van der Waals surface area contributed by atoms with E-state index in [1.54, 1.807) is 6.07 Å². The molecule has 2 saturated heterocycles. The van der Waals surface area contributed by atoms with Crippen molar-refractivity contribution in [1.29, 1.82) is 0 Å². The van der Waals surface area contributed by atoms with Crippen LogP contribution in [0, 0.1) is 10.1 Å². The molecule has 0 spiro atoms. The number of nitro groups is 1. The van der Waals surface area contributed by atoms with Crippen molar-refractivity contribution in [1.82, 2.24) is 5.32 Å². The van der Waals surface area contributed by atoms with Gasteiger partial charge in [-0.15, -0.1) is 0 Å². The van der Waals surface area contributed by atoms with E-state index in [0.29, 0.717) is 32.0 Å². The van der Waals surface area contributed by atoms with Gasteiger partial charge in [0.15, 0.2) is 5.11 Å². The zero-order valence-electron chi connectivity index (χ0n) is 17.6. The standard InChI is InChI=1S/C22H25N5O4S/c28-21(19-15-18(27(29)30)7-8-20(19)26-11-13-31-14-12-26)24-22(32)23-16-3-5-17(6-4-16)25-9-1-2-10-25/h3-8,15H,1-2,9-14H2,(H2,23,24,28,32). The van der Waals surface area contributed by atoms with Crippen molar-refractivity contribution in [2.75, 3.05) is 54.5 Å². The summed E-state index contributed by atoms with van der Waals surface area (Å²) in [6, 6.07) is 12.2. The van der Waals surface area contributed by atoms with Crippen LogP contribution in [0.25, 0.3) is 0 Å². The summed E-state index contributed by atoms with van der Waals surface area (Å²) in [4.78, 5) is 28.0. The number of amides is 1. The van der Waals surface area contributed by atoms with Crippen LogP contribution in [0.4, 0.5) is 22.7 Å². The number of rotatable bonds is 5. The van der Waals surface area contributed by atoms with Gasteiger partial charge in [-0.05, 0) is 55.4 Å². The SMILES string of the molecule is O=C(NC(=S)Nc1ccc(N2CCCC2)cc1)c1cc([N+](=O)[O-])ccc1N1CCOCC1. The second-order valence-corrected chi connectivity index (χ2v) is 8.12. The topological polar surface area (TPSA) is 100.0 Å². The van der Waals surface area contributed by atoms with E-state index in [1.165, 1.54) is 25.0 Å². The summed E-state index contributed by atoms with van der Waals surface area (Å²) in [6.07, 6.45) is 2.42. The fourth-order valence-electron chi connectivity index (χ4n) is 3.96. The number of anilines is 3. The molecule has 168 valence electrons. The van der Waals surface area contributed by atoms with E-state index >= 15 is 0 Å². The van der Waals surface area contributed by atoms with Gasteiger partial charge < -0.3 is 19.9 Å². The lowest BCUT2D eigenvalue weighted by molar-refractivity contribution is -0.384. The Labute approximate surface area is 191 Å². The third kappa shape index (κ3) is 5.14. The molecule has 2 heterocycles. The number of hydrogen-bond donors (Lipinski definition) is 2. The van der Waals surface area contributed by atoms with E-state index in [0.717, 1.165) is 24.5 Å². The summed E-state index contributed by atoms with van der Waals surface area (Å²) in [6.45, 7) is 4.40. The van der Waals surface area contributed by atoms with E-state index in [-0.39, 0.29) is 16.4 Å². The summed E-state index contributed by atoms with van der Waals surface area (Å²) < 4.78 is 5.37. The van der Waals surface area contributed by atoms with E-state index in [9.17, 15) is 14.9 Å². The maximum Gasteiger partial charge on any atom is 0.270 e. The van der Waals surface area contributed by atoms with Gasteiger partial charge in [-0.2, -0.15) is 0 Å². The summed E-state index contributed by atoms with van der Waals surface area (Å²) in [7, 11) is 0. The molecular formula is C22H25N5O4S. The van der Waals surface area contributed by atoms with E-state index in [4.69, 9.17) is 17.0 Å². The Kier molecular flexibility index (Phi) is 6.81. The van der Waals surface area contributed by atoms with Crippen LogP contribution >= 0.6 is 12.2 Å². The van der Waals surface area contributed by atoms with E-state index in [1.807, 2.05) is 29.2 Å². The number of thiocarbonyl (C=S) groups is 1. The van der Waals surface area contributed by atoms with Crippen molar-refractivity contribution in [3.05, 3.63) is 58.1 Å². The number of benzene rings is 2. The molecule has 2 aromatic rings. The van der Waals surface area contributed by atoms with Crippen LogP contribution in [-0.4, -0.2) is 55.3 Å². The molecule has 2 aliphatic rings. The molecule has 0 unspecified atom stereocenters. The summed E-state index contributed by atoms with van der Waals surface area (Å²) in [5.41, 5.74) is 2.59. The Morgan fingerprint density at radius 1 is 1.00 bits per heavy atom. The molecule has 0 saturated carbocycles. The average molecular weight is 456 g/mol. The minimum absolute atomic E-state index is 0.128. The number of hydrogen-bond acceptors (Lipinski definition) is 7. The number of non-ortho nitro benzene ring substituents is 1. The minimum Gasteiger partial charge on any atom is -0.378 e. The molecule has 0 aliphatic carbocycles. The zero-order chi connectivity index (χ0) is 22.5. The van der Waals surface area contributed by atoms with Gasteiger partial charge in [-0.1, -0.05) is 0 Å². The number of nitrogens with one attached hydrogen (secondary N) is 2. The van der Waals surface area contributed by atoms with Gasteiger partial charge in [0.05, 0.1) is 29.4 Å². The van der Waals surface area contributed by atoms with Crippen LogP contribution in [0.2, 0.25) is 0 Å². The maximum atomic E-state index is 13.0. The van der Waals surface area contributed by atoms with Crippen molar-refractivity contribution in [3.8, 4) is 0 Å². The molecule has 4 rings (SSSR count). The number of morpholine rings is 1. The molecule has 2 N–H and O–H groups in total. The lowest BCUT2D eigenvalue weighted by Gasteiger charge is -2.30. The Morgan fingerprint density at radius 3 is 2.34 bits per heavy atom. The van der Waals surface area contributed by atoms with Crippen molar-refractivity contribution in [3.63, 3.8) is 0 Å². The number of carbonyl (C=O) groups is 1. The van der Waals surface area contributed by atoms with Crippen molar-refractivity contribution in [2.24, 2.45) is 0 Å². The highest BCUT2D eigenvalue weighted by Crippen LogP contribution is 2.27. The Morgan fingerprint density at radius 2 is 1.69 bits per heavy atom. The predicted octanol–water partition coefficient (Wildman–Crippen LogP) is 3.16. The molecular weight excluding hydrogens is 430 g/mol. The first-order chi connectivity index (χ1) is 15.5. The van der Waals surface area contributed by atoms with Gasteiger partial charge in [0, 0.05) is 49.7 Å². The number of carbonyl (C=O) groups excluding carboxylic acids is 1. The van der Waals surface area contributed by atoms with Crippen LogP contribution in [-0.2, 0) is 4.74 Å². The Balaban J connectivity index is 1.45. The highest BCUT2D eigenvalue weighted by atomic mass is 32.1. The molecule has 9 nitrogen and oxygen atoms in total. The van der Waals surface area contributed by atoms with Gasteiger partial charge in [0.25, 0.3) is 11.6 Å². The normalized spacial score (nSPS) is 16.0. The fourth-order valence-corrected chi connectivity index (χ4v) is 4.17. The molecule has 32 heavy (non-hydrogen) atoms. The molecule has 2 fully saturated rings. The molecule has 0 bridgehead atoms. The summed E-state index contributed by atoms with van der Waals surface area (Å²) in [5, 5.41) is 17.0. The lowest BCUT2D eigenvalue weighted by atomic mass is 10.1. The van der Waals surface area contributed by atoms with Gasteiger partial charge in [0.2, 0.25) is 0 Å². The van der Waals surface area contributed by atoms with Crippen molar-refractivity contribution in [2.45, 2.75) is 12.8 Å². The molecule has 1 amide bonds. The highest BCUT2D eigenvalue weighted by Gasteiger charge is 2.22. The van der Waals surface area contributed by atoms with Gasteiger partial charge >= 0.3 is 0 Å². The first-order valence-electron chi connectivity index (χ1n) is 10.6. The zero-order valence-corrected chi connectivity index (χ0v) is 18.4. The van der Waals surface area contributed by atoms with Crippen LogP contribution in [0.1, 0.15) is 23.2 Å². The van der Waals surface area contributed by atoms with Crippen LogP contribution < -0.4 is 20.4 Å². The summed E-state index contributed by atoms with van der Waals surface area (Å²) >= 11 is 5.32. The third-order valence-electron chi connectivity index (χ3n) is 5.61. The van der Waals surface area contributed by atoms with Crippen LogP contribution in [0.5, 0.6) is 0 Å². The molecule has 2 aromatic carbocycles. The van der Waals surface area contributed by atoms with E-state index in [2.05, 4.69) is 15.5 Å². The van der Waals surface area contributed by atoms with Gasteiger partial charge in [0.1, 0.15) is 0 Å². The molecule has 0 radical (unpaired) electrons. The third-order valence-corrected chi connectivity index (χ3v) is 5.81. The van der Waals surface area contributed by atoms with Crippen LogP contribution in [0.3, 0.4) is 0 Å². The van der Waals surface area contributed by atoms with Crippen LogP contribution in [0.15, 0.2) is 42.5 Å². The van der Waals surface area contributed by atoms with Crippen molar-refractivity contribution >= 4 is 46.0 Å². The number of ether oxygens (including phenoxy) is 1.